The fourth-order valence-corrected chi connectivity index (χ4v) is 1.33. The second-order valence-electron chi connectivity index (χ2n) is 3.48. The first-order valence-electron chi connectivity index (χ1n) is 4.51. The third-order valence-electron chi connectivity index (χ3n) is 2.34. The van der Waals surface area contributed by atoms with Crippen LogP contribution in [-0.4, -0.2) is 16.0 Å². The van der Waals surface area contributed by atoms with E-state index in [1.807, 2.05) is 0 Å². The minimum atomic E-state index is -1.19. The fraction of sp³-hybridized carbons (Fsp3) is 0.300. The van der Waals surface area contributed by atoms with E-state index in [0.717, 1.165) is 6.07 Å². The van der Waals surface area contributed by atoms with Crippen LogP contribution in [0.25, 0.3) is 0 Å². The maximum atomic E-state index is 13.1. The highest BCUT2D eigenvalue weighted by molar-refractivity contribution is 5.77. The van der Waals surface area contributed by atoms with Crippen LogP contribution in [0, 0.1) is 22.9 Å². The molecule has 0 saturated heterocycles. The minimum Gasteiger partial charge on any atom is -0.481 e. The number of carboxylic acid groups (broad SMARTS) is 1. The first-order chi connectivity index (χ1) is 7.34. The molecule has 0 saturated carbocycles. The molecule has 0 amide bonds. The molecule has 1 unspecified atom stereocenters. The fourth-order valence-electron chi connectivity index (χ4n) is 1.33. The molecule has 1 atom stereocenters. The number of halogens is 1. The average Bonchev–Trinajstić information content (AvgIpc) is 2.19. The van der Waals surface area contributed by atoms with Crippen molar-refractivity contribution in [1.29, 1.82) is 0 Å². The Kier molecular flexibility index (Phi) is 3.22. The predicted octanol–water partition coefficient (Wildman–Crippen LogP) is 2.23. The number of nitro groups is 1. The van der Waals surface area contributed by atoms with Crippen molar-refractivity contribution in [3.05, 3.63) is 39.2 Å². The van der Waals surface area contributed by atoms with Gasteiger partial charge in [-0.2, -0.15) is 0 Å². The van der Waals surface area contributed by atoms with Crippen molar-refractivity contribution in [3.63, 3.8) is 0 Å². The van der Waals surface area contributed by atoms with Crippen molar-refractivity contribution >= 4 is 11.7 Å². The lowest BCUT2D eigenvalue weighted by Crippen LogP contribution is -2.10. The molecule has 1 rings (SSSR count). The maximum absolute atomic E-state index is 13.1. The van der Waals surface area contributed by atoms with Crippen molar-refractivity contribution in [3.8, 4) is 0 Å². The van der Waals surface area contributed by atoms with Crippen LogP contribution in [0.15, 0.2) is 12.1 Å². The Morgan fingerprint density at radius 3 is 2.56 bits per heavy atom. The van der Waals surface area contributed by atoms with Gasteiger partial charge in [0.1, 0.15) is 5.82 Å². The monoisotopic (exact) mass is 227 g/mol. The standard InChI is InChI=1S/C10H10FNO4/c1-5-3-7(6(2)10(13)14)9(12(15)16)4-8(5)11/h3-4,6H,1-2H3,(H,13,14). The number of benzene rings is 1. The lowest BCUT2D eigenvalue weighted by atomic mass is 9.97. The summed E-state index contributed by atoms with van der Waals surface area (Å²) in [4.78, 5) is 20.6. The smallest absolute Gasteiger partial charge is 0.310 e. The van der Waals surface area contributed by atoms with Crippen LogP contribution >= 0.6 is 0 Å². The zero-order valence-corrected chi connectivity index (χ0v) is 8.73. The Balaban J connectivity index is 3.41. The first kappa shape index (κ1) is 12.1. The average molecular weight is 227 g/mol. The number of carboxylic acids is 1. The van der Waals surface area contributed by atoms with Crippen LogP contribution in [0.3, 0.4) is 0 Å². The van der Waals surface area contributed by atoms with Crippen LogP contribution < -0.4 is 0 Å². The van der Waals surface area contributed by atoms with Gasteiger partial charge in [0.05, 0.1) is 16.9 Å². The summed E-state index contributed by atoms with van der Waals surface area (Å²) in [7, 11) is 0. The van der Waals surface area contributed by atoms with Gasteiger partial charge < -0.3 is 5.11 Å². The van der Waals surface area contributed by atoms with Gasteiger partial charge in [0, 0.05) is 5.56 Å². The van der Waals surface area contributed by atoms with E-state index in [0.29, 0.717) is 0 Å². The summed E-state index contributed by atoms with van der Waals surface area (Å²) in [5.74, 6) is -2.94. The van der Waals surface area contributed by atoms with Crippen LogP contribution in [0.5, 0.6) is 0 Å². The lowest BCUT2D eigenvalue weighted by Gasteiger charge is -2.08. The van der Waals surface area contributed by atoms with Crippen molar-refractivity contribution in [1.82, 2.24) is 0 Å². The molecule has 5 nitrogen and oxygen atoms in total. The Morgan fingerprint density at radius 2 is 2.12 bits per heavy atom. The van der Waals surface area contributed by atoms with Gasteiger partial charge in [-0.15, -0.1) is 0 Å². The highest BCUT2D eigenvalue weighted by Gasteiger charge is 2.25. The van der Waals surface area contributed by atoms with Crippen molar-refractivity contribution in [2.24, 2.45) is 0 Å². The van der Waals surface area contributed by atoms with Gasteiger partial charge in [0.2, 0.25) is 0 Å². The van der Waals surface area contributed by atoms with E-state index in [2.05, 4.69) is 0 Å². The largest absolute Gasteiger partial charge is 0.481 e. The Labute approximate surface area is 90.7 Å². The number of aryl methyl sites for hydroxylation is 1. The van der Waals surface area contributed by atoms with E-state index in [9.17, 15) is 19.3 Å². The molecule has 86 valence electrons. The number of hydrogen-bond donors (Lipinski definition) is 1. The molecule has 0 fully saturated rings. The lowest BCUT2D eigenvalue weighted by molar-refractivity contribution is -0.385. The van der Waals surface area contributed by atoms with E-state index >= 15 is 0 Å². The van der Waals surface area contributed by atoms with E-state index < -0.39 is 28.3 Å². The van der Waals surface area contributed by atoms with Gasteiger partial charge in [-0.05, 0) is 25.5 Å². The number of rotatable bonds is 3. The third-order valence-corrected chi connectivity index (χ3v) is 2.34. The SMILES string of the molecule is Cc1cc(C(C)C(=O)O)c([N+](=O)[O-])cc1F. The van der Waals surface area contributed by atoms with Gasteiger partial charge in [-0.3, -0.25) is 14.9 Å². The summed E-state index contributed by atoms with van der Waals surface area (Å²) in [6.07, 6.45) is 0. The summed E-state index contributed by atoms with van der Waals surface area (Å²) in [6, 6.07) is 1.95. The molecule has 0 heterocycles. The second-order valence-corrected chi connectivity index (χ2v) is 3.48. The molecule has 0 aliphatic heterocycles. The van der Waals surface area contributed by atoms with Crippen molar-refractivity contribution in [2.45, 2.75) is 19.8 Å². The number of carbonyl (C=O) groups is 1. The van der Waals surface area contributed by atoms with Crippen LogP contribution in [0.1, 0.15) is 24.0 Å². The highest BCUT2D eigenvalue weighted by Crippen LogP contribution is 2.29. The molecule has 1 N–H and O–H groups in total. The first-order valence-corrected chi connectivity index (χ1v) is 4.51. The molecule has 1 aromatic carbocycles. The summed E-state index contributed by atoms with van der Waals surface area (Å²) >= 11 is 0. The summed E-state index contributed by atoms with van der Waals surface area (Å²) in [5.41, 5.74) is -0.303. The van der Waals surface area contributed by atoms with Gasteiger partial charge in [-0.1, -0.05) is 0 Å². The van der Waals surface area contributed by atoms with E-state index in [1.54, 1.807) is 0 Å². The molecule has 0 radical (unpaired) electrons. The van der Waals surface area contributed by atoms with Gasteiger partial charge >= 0.3 is 5.97 Å². The molecule has 0 aliphatic rings. The molecule has 16 heavy (non-hydrogen) atoms. The van der Waals surface area contributed by atoms with Crippen molar-refractivity contribution < 1.29 is 19.2 Å². The number of nitrogens with zero attached hydrogens (tertiary/aromatic N) is 1. The van der Waals surface area contributed by atoms with Crippen LogP contribution in [0.4, 0.5) is 10.1 Å². The zero-order valence-electron chi connectivity index (χ0n) is 8.73. The molecular weight excluding hydrogens is 217 g/mol. The molecular formula is C10H10FNO4. The Hall–Kier alpha value is -1.98. The Bertz CT molecular complexity index is 458. The third kappa shape index (κ3) is 2.16. The molecule has 1 aromatic rings. The second kappa shape index (κ2) is 4.26. The van der Waals surface area contributed by atoms with Gasteiger partial charge in [-0.25, -0.2) is 4.39 Å². The highest BCUT2D eigenvalue weighted by atomic mass is 19.1. The summed E-state index contributed by atoms with van der Waals surface area (Å²) in [6.45, 7) is 2.75. The molecule has 0 aliphatic carbocycles. The van der Waals surface area contributed by atoms with E-state index in [1.165, 1.54) is 19.9 Å². The summed E-state index contributed by atoms with van der Waals surface area (Å²) in [5, 5.41) is 19.4. The van der Waals surface area contributed by atoms with Gasteiger partial charge in [0.25, 0.3) is 5.69 Å². The normalized spacial score (nSPS) is 12.2. The molecule has 6 heteroatoms. The van der Waals surface area contributed by atoms with E-state index in [-0.39, 0.29) is 11.1 Å². The van der Waals surface area contributed by atoms with Crippen LogP contribution in [0.2, 0.25) is 0 Å². The molecule has 0 bridgehead atoms. The maximum Gasteiger partial charge on any atom is 0.310 e. The molecule has 0 spiro atoms. The zero-order chi connectivity index (χ0) is 12.5. The Morgan fingerprint density at radius 1 is 1.56 bits per heavy atom. The van der Waals surface area contributed by atoms with Crippen LogP contribution in [-0.2, 0) is 4.79 Å². The molecule has 0 aromatic heterocycles. The van der Waals surface area contributed by atoms with Crippen molar-refractivity contribution in [2.75, 3.05) is 0 Å². The summed E-state index contributed by atoms with van der Waals surface area (Å²) < 4.78 is 13.1. The number of hydrogen-bond acceptors (Lipinski definition) is 3. The van der Waals surface area contributed by atoms with E-state index in [4.69, 9.17) is 5.11 Å². The quantitative estimate of drug-likeness (QED) is 0.634. The number of nitro benzene ring substituents is 1. The topological polar surface area (TPSA) is 80.4 Å². The number of aliphatic carboxylic acids is 1. The predicted molar refractivity (Wildman–Crippen MR) is 53.8 cm³/mol. The minimum absolute atomic E-state index is 0.0106. The van der Waals surface area contributed by atoms with Gasteiger partial charge in [0.15, 0.2) is 0 Å².